The van der Waals surface area contributed by atoms with Crippen LogP contribution in [-0.4, -0.2) is 54.2 Å². The second-order valence-corrected chi connectivity index (χ2v) is 9.30. The maximum absolute atomic E-state index is 12.2. The highest BCUT2D eigenvalue weighted by Gasteiger charge is 2.30. The van der Waals surface area contributed by atoms with E-state index in [0.717, 1.165) is 62.1 Å². The second-order valence-electron chi connectivity index (χ2n) is 9.30. The largest absolute Gasteiger partial charge is 0.423 e. The number of likely N-dealkylation sites (tertiary alicyclic amines) is 1. The van der Waals surface area contributed by atoms with Gasteiger partial charge in [0.1, 0.15) is 5.58 Å². The summed E-state index contributed by atoms with van der Waals surface area (Å²) in [5, 5.41) is 1.13. The molecule has 2 saturated heterocycles. The van der Waals surface area contributed by atoms with Gasteiger partial charge in [-0.3, -0.25) is 9.80 Å². The number of nitrogens with zero attached hydrogens (tertiary/aromatic N) is 2. The van der Waals surface area contributed by atoms with Crippen LogP contribution in [0.2, 0.25) is 0 Å². The van der Waals surface area contributed by atoms with E-state index < -0.39 is 0 Å². The summed E-state index contributed by atoms with van der Waals surface area (Å²) in [4.78, 5) is 17.4. The summed E-state index contributed by atoms with van der Waals surface area (Å²) in [6, 6.07) is 6.66. The molecule has 5 heteroatoms. The van der Waals surface area contributed by atoms with Crippen molar-refractivity contribution in [3.05, 3.63) is 45.3 Å². The maximum atomic E-state index is 12.2. The van der Waals surface area contributed by atoms with Gasteiger partial charge in [0.05, 0.1) is 12.2 Å². The Morgan fingerprint density at radius 2 is 1.79 bits per heavy atom. The standard InChI is InChI=1S/C24H32N2O3/c1-16-12-25(13-17(2)28-16)15-21-7-4-8-26(21)14-20-11-24(27)29-23-10-19-6-3-5-18(19)9-22(20)23/h9-11,16-17,21H,3-8,12-15H2,1-2H3. The molecule has 0 N–H and O–H groups in total. The summed E-state index contributed by atoms with van der Waals surface area (Å²) >= 11 is 0. The summed E-state index contributed by atoms with van der Waals surface area (Å²) < 4.78 is 11.5. The zero-order valence-electron chi connectivity index (χ0n) is 17.7. The number of rotatable bonds is 4. The van der Waals surface area contributed by atoms with Gasteiger partial charge in [-0.2, -0.15) is 0 Å². The third-order valence-electron chi connectivity index (χ3n) is 6.88. The fraction of sp³-hybridized carbons (Fsp3) is 0.625. The van der Waals surface area contributed by atoms with E-state index in [-0.39, 0.29) is 5.63 Å². The molecular weight excluding hydrogens is 364 g/mol. The normalized spacial score (nSPS) is 28.3. The molecule has 3 heterocycles. The summed E-state index contributed by atoms with van der Waals surface area (Å²) in [5.74, 6) is 0. The Morgan fingerprint density at radius 1 is 1.03 bits per heavy atom. The smallest absolute Gasteiger partial charge is 0.336 e. The zero-order chi connectivity index (χ0) is 20.0. The molecule has 156 valence electrons. The van der Waals surface area contributed by atoms with Crippen molar-refractivity contribution in [1.82, 2.24) is 9.80 Å². The predicted molar refractivity (Wildman–Crippen MR) is 114 cm³/mol. The maximum Gasteiger partial charge on any atom is 0.336 e. The Bertz CT molecular complexity index is 943. The fourth-order valence-corrected chi connectivity index (χ4v) is 5.69. The Hall–Kier alpha value is -1.69. The number of benzene rings is 1. The molecule has 0 radical (unpaired) electrons. The van der Waals surface area contributed by atoms with Crippen LogP contribution in [0.3, 0.4) is 0 Å². The number of aryl methyl sites for hydroxylation is 2. The number of hydrogen-bond acceptors (Lipinski definition) is 5. The highest BCUT2D eigenvalue weighted by Crippen LogP contribution is 2.30. The molecule has 3 aliphatic rings. The molecule has 0 amide bonds. The first-order valence-corrected chi connectivity index (χ1v) is 11.3. The number of ether oxygens (including phenoxy) is 1. The van der Waals surface area contributed by atoms with Crippen molar-refractivity contribution in [3.8, 4) is 0 Å². The molecule has 1 aromatic heterocycles. The third kappa shape index (κ3) is 4.00. The van der Waals surface area contributed by atoms with Gasteiger partial charge in [-0.1, -0.05) is 0 Å². The first kappa shape index (κ1) is 19.3. The van der Waals surface area contributed by atoms with Gasteiger partial charge in [-0.25, -0.2) is 4.79 Å². The van der Waals surface area contributed by atoms with Crippen molar-refractivity contribution >= 4 is 11.0 Å². The van der Waals surface area contributed by atoms with E-state index >= 15 is 0 Å². The molecule has 3 unspecified atom stereocenters. The van der Waals surface area contributed by atoms with Gasteiger partial charge in [0, 0.05) is 43.7 Å². The van der Waals surface area contributed by atoms with Crippen LogP contribution in [0.4, 0.5) is 0 Å². The van der Waals surface area contributed by atoms with Gasteiger partial charge in [0.2, 0.25) is 0 Å². The van der Waals surface area contributed by atoms with Gasteiger partial charge in [-0.15, -0.1) is 0 Å². The van der Waals surface area contributed by atoms with E-state index in [1.165, 1.54) is 30.4 Å². The monoisotopic (exact) mass is 396 g/mol. The Kier molecular flexibility index (Phi) is 5.23. The van der Waals surface area contributed by atoms with Crippen molar-refractivity contribution < 1.29 is 9.15 Å². The Morgan fingerprint density at radius 3 is 2.59 bits per heavy atom. The first-order chi connectivity index (χ1) is 14.0. The number of fused-ring (bicyclic) bond motifs is 2. The molecule has 0 spiro atoms. The minimum absolute atomic E-state index is 0.225. The van der Waals surface area contributed by atoms with Crippen LogP contribution in [0.25, 0.3) is 11.0 Å². The first-order valence-electron chi connectivity index (χ1n) is 11.3. The topological polar surface area (TPSA) is 45.9 Å². The zero-order valence-corrected chi connectivity index (χ0v) is 17.7. The molecule has 5 rings (SSSR count). The minimum atomic E-state index is -0.225. The number of morpholine rings is 1. The average molecular weight is 397 g/mol. The molecule has 0 bridgehead atoms. The lowest BCUT2D eigenvalue weighted by molar-refractivity contribution is -0.0724. The van der Waals surface area contributed by atoms with E-state index in [1.807, 2.05) is 0 Å². The van der Waals surface area contributed by atoms with Gasteiger partial charge in [0.15, 0.2) is 0 Å². The summed E-state index contributed by atoms with van der Waals surface area (Å²) in [6.45, 7) is 9.39. The Balaban J connectivity index is 1.37. The molecular formula is C24H32N2O3. The molecule has 29 heavy (non-hydrogen) atoms. The highest BCUT2D eigenvalue weighted by atomic mass is 16.5. The van der Waals surface area contributed by atoms with E-state index in [1.54, 1.807) is 6.07 Å². The van der Waals surface area contributed by atoms with Crippen molar-refractivity contribution in [2.24, 2.45) is 0 Å². The van der Waals surface area contributed by atoms with E-state index in [2.05, 4.69) is 35.8 Å². The summed E-state index contributed by atoms with van der Waals surface area (Å²) in [5.41, 5.74) is 4.45. The predicted octanol–water partition coefficient (Wildman–Crippen LogP) is 3.36. The highest BCUT2D eigenvalue weighted by molar-refractivity contribution is 5.82. The summed E-state index contributed by atoms with van der Waals surface area (Å²) in [6.07, 6.45) is 6.52. The van der Waals surface area contributed by atoms with Gasteiger partial charge in [0.25, 0.3) is 0 Å². The van der Waals surface area contributed by atoms with Gasteiger partial charge in [-0.05, 0) is 81.3 Å². The fourth-order valence-electron chi connectivity index (χ4n) is 5.69. The van der Waals surface area contributed by atoms with E-state index in [4.69, 9.17) is 9.15 Å². The van der Waals surface area contributed by atoms with Crippen LogP contribution in [0.1, 0.15) is 49.8 Å². The lowest BCUT2D eigenvalue weighted by Gasteiger charge is -2.38. The van der Waals surface area contributed by atoms with Crippen LogP contribution in [0.15, 0.2) is 27.4 Å². The molecule has 3 atom stereocenters. The van der Waals surface area contributed by atoms with Crippen molar-refractivity contribution in [2.75, 3.05) is 26.2 Å². The van der Waals surface area contributed by atoms with Crippen LogP contribution in [0.5, 0.6) is 0 Å². The second kappa shape index (κ2) is 7.86. The SMILES string of the molecule is CC1CN(CC2CCCN2Cc2cc(=O)oc3cc4c(cc23)CCC4)CC(C)O1. The van der Waals surface area contributed by atoms with Gasteiger partial charge < -0.3 is 9.15 Å². The molecule has 2 fully saturated rings. The van der Waals surface area contributed by atoms with Crippen LogP contribution in [-0.2, 0) is 24.1 Å². The summed E-state index contributed by atoms with van der Waals surface area (Å²) in [7, 11) is 0. The molecule has 5 nitrogen and oxygen atoms in total. The van der Waals surface area contributed by atoms with E-state index in [9.17, 15) is 4.79 Å². The molecule has 0 saturated carbocycles. The Labute approximate surface area is 172 Å². The average Bonchev–Trinajstić information content (AvgIpc) is 3.28. The molecule has 1 aromatic carbocycles. The third-order valence-corrected chi connectivity index (χ3v) is 6.88. The number of hydrogen-bond donors (Lipinski definition) is 0. The molecule has 2 aromatic rings. The quantitative estimate of drug-likeness (QED) is 0.742. The van der Waals surface area contributed by atoms with Gasteiger partial charge >= 0.3 is 5.63 Å². The lowest BCUT2D eigenvalue weighted by Crippen LogP contribution is -2.50. The van der Waals surface area contributed by atoms with E-state index in [0.29, 0.717) is 18.2 Å². The minimum Gasteiger partial charge on any atom is -0.423 e. The van der Waals surface area contributed by atoms with Crippen LogP contribution >= 0.6 is 0 Å². The molecule has 1 aliphatic carbocycles. The van der Waals surface area contributed by atoms with Crippen molar-refractivity contribution in [3.63, 3.8) is 0 Å². The lowest BCUT2D eigenvalue weighted by atomic mass is 10.0. The van der Waals surface area contributed by atoms with Crippen molar-refractivity contribution in [1.29, 1.82) is 0 Å². The van der Waals surface area contributed by atoms with Crippen molar-refractivity contribution in [2.45, 2.75) is 70.7 Å². The van der Waals surface area contributed by atoms with Crippen LogP contribution in [0, 0.1) is 0 Å². The van der Waals surface area contributed by atoms with Crippen LogP contribution < -0.4 is 5.63 Å². The molecule has 2 aliphatic heterocycles.